The molecule has 2 N–H and O–H groups in total. The Labute approximate surface area is 158 Å². The number of pyridine rings is 1. The molecule has 1 aliphatic carbocycles. The quantitative estimate of drug-likeness (QED) is 0.856. The van der Waals surface area contributed by atoms with Crippen LogP contribution >= 0.6 is 11.3 Å². The molecule has 1 atom stereocenters. The first-order valence-electron chi connectivity index (χ1n) is 9.32. The number of aryl methyl sites for hydroxylation is 2. The molecule has 0 bridgehead atoms. The Morgan fingerprint density at radius 1 is 1.42 bits per heavy atom. The van der Waals surface area contributed by atoms with E-state index in [-0.39, 0.29) is 11.8 Å². The number of hydrogen-bond acceptors (Lipinski definition) is 6. The van der Waals surface area contributed by atoms with Gasteiger partial charge < -0.3 is 15.5 Å². The maximum atomic E-state index is 12.6. The molecule has 1 aliphatic heterocycles. The number of nitrogens with zero attached hydrogens (tertiary/aromatic N) is 3. The Morgan fingerprint density at radius 2 is 2.27 bits per heavy atom. The molecule has 4 rings (SSSR count). The van der Waals surface area contributed by atoms with E-state index in [0.29, 0.717) is 6.54 Å². The van der Waals surface area contributed by atoms with Crippen LogP contribution in [0.3, 0.4) is 0 Å². The zero-order chi connectivity index (χ0) is 17.9. The summed E-state index contributed by atoms with van der Waals surface area (Å²) in [6, 6.07) is 4.08. The van der Waals surface area contributed by atoms with Gasteiger partial charge in [-0.3, -0.25) is 4.79 Å². The number of carbonyl (C=O) groups is 1. The fraction of sp³-hybridized carbons (Fsp3) is 0.526. The molecular weight excluding hydrogens is 346 g/mol. The van der Waals surface area contributed by atoms with Gasteiger partial charge in [0.25, 0.3) is 0 Å². The van der Waals surface area contributed by atoms with Crippen LogP contribution in [-0.2, 0) is 24.2 Å². The Bertz CT molecular complexity index is 784. The van der Waals surface area contributed by atoms with Gasteiger partial charge in [0.2, 0.25) is 5.91 Å². The van der Waals surface area contributed by atoms with Crippen molar-refractivity contribution in [3.05, 3.63) is 39.5 Å². The monoisotopic (exact) mass is 371 g/mol. The SMILES string of the molecule is Cc1nc2c(s1)CC(C(=O)NCc1ccnc(N3CCNCC3)c1)CC2. The summed E-state index contributed by atoms with van der Waals surface area (Å²) in [6.07, 6.45) is 4.48. The lowest BCUT2D eigenvalue weighted by molar-refractivity contribution is -0.125. The third-order valence-electron chi connectivity index (χ3n) is 5.14. The zero-order valence-electron chi connectivity index (χ0n) is 15.1. The van der Waals surface area contributed by atoms with Crippen molar-refractivity contribution in [1.29, 1.82) is 0 Å². The number of fused-ring (bicyclic) bond motifs is 1. The molecule has 7 heteroatoms. The minimum absolute atomic E-state index is 0.0665. The molecule has 0 radical (unpaired) electrons. The summed E-state index contributed by atoms with van der Waals surface area (Å²) in [7, 11) is 0. The predicted octanol–water partition coefficient (Wildman–Crippen LogP) is 1.68. The lowest BCUT2D eigenvalue weighted by Crippen LogP contribution is -2.43. The molecular formula is C19H25N5OS. The lowest BCUT2D eigenvalue weighted by Gasteiger charge is -2.28. The second kappa shape index (κ2) is 7.72. The molecule has 2 aliphatic rings. The minimum Gasteiger partial charge on any atom is -0.354 e. The molecule has 1 unspecified atom stereocenters. The van der Waals surface area contributed by atoms with Gasteiger partial charge in [-0.25, -0.2) is 9.97 Å². The number of anilines is 1. The second-order valence-corrected chi connectivity index (χ2v) is 8.31. The number of amides is 1. The van der Waals surface area contributed by atoms with E-state index in [0.717, 1.165) is 61.8 Å². The van der Waals surface area contributed by atoms with Gasteiger partial charge in [0, 0.05) is 49.7 Å². The predicted molar refractivity (Wildman–Crippen MR) is 104 cm³/mol. The Hall–Kier alpha value is -1.99. The fourth-order valence-corrected chi connectivity index (χ4v) is 4.76. The van der Waals surface area contributed by atoms with E-state index in [4.69, 9.17) is 0 Å². The highest BCUT2D eigenvalue weighted by Crippen LogP contribution is 2.29. The molecule has 1 fully saturated rings. The van der Waals surface area contributed by atoms with Crippen LogP contribution in [0.2, 0.25) is 0 Å². The molecule has 26 heavy (non-hydrogen) atoms. The Morgan fingerprint density at radius 3 is 3.12 bits per heavy atom. The molecule has 138 valence electrons. The van der Waals surface area contributed by atoms with Crippen molar-refractivity contribution in [2.75, 3.05) is 31.1 Å². The maximum Gasteiger partial charge on any atom is 0.223 e. The Balaban J connectivity index is 1.34. The average molecular weight is 372 g/mol. The van der Waals surface area contributed by atoms with Crippen LogP contribution in [0.25, 0.3) is 0 Å². The van der Waals surface area contributed by atoms with Crippen LogP contribution in [-0.4, -0.2) is 42.1 Å². The lowest BCUT2D eigenvalue weighted by atomic mass is 9.90. The van der Waals surface area contributed by atoms with Gasteiger partial charge in [0.05, 0.1) is 10.7 Å². The van der Waals surface area contributed by atoms with Crippen LogP contribution < -0.4 is 15.5 Å². The summed E-state index contributed by atoms with van der Waals surface area (Å²) in [5, 5.41) is 7.58. The smallest absolute Gasteiger partial charge is 0.223 e. The van der Waals surface area contributed by atoms with Crippen molar-refractivity contribution in [2.45, 2.75) is 32.7 Å². The summed E-state index contributed by atoms with van der Waals surface area (Å²) in [5.74, 6) is 1.22. The first kappa shape index (κ1) is 17.4. The van der Waals surface area contributed by atoms with E-state index in [1.165, 1.54) is 10.6 Å². The van der Waals surface area contributed by atoms with Gasteiger partial charge >= 0.3 is 0 Å². The number of aromatic nitrogens is 2. The number of hydrogen-bond donors (Lipinski definition) is 2. The van der Waals surface area contributed by atoms with E-state index >= 15 is 0 Å². The summed E-state index contributed by atoms with van der Waals surface area (Å²) in [5.41, 5.74) is 2.30. The second-order valence-electron chi connectivity index (χ2n) is 7.02. The number of thiazole rings is 1. The molecule has 1 saturated heterocycles. The van der Waals surface area contributed by atoms with Gasteiger partial charge in [-0.2, -0.15) is 0 Å². The van der Waals surface area contributed by atoms with Gasteiger partial charge in [-0.1, -0.05) is 0 Å². The van der Waals surface area contributed by atoms with E-state index in [1.54, 1.807) is 11.3 Å². The molecule has 0 aromatic carbocycles. The standard InChI is InChI=1S/C19H25N5OS/c1-13-23-16-3-2-15(11-17(16)26-13)19(25)22-12-14-4-5-21-18(10-14)24-8-6-20-7-9-24/h4-5,10,15,20H,2-3,6-9,11-12H2,1H3,(H,22,25). The number of nitrogens with one attached hydrogen (secondary N) is 2. The van der Waals surface area contributed by atoms with E-state index in [9.17, 15) is 4.79 Å². The number of carbonyl (C=O) groups excluding carboxylic acids is 1. The Kier molecular flexibility index (Phi) is 5.17. The molecule has 1 amide bonds. The fourth-order valence-electron chi connectivity index (χ4n) is 3.70. The van der Waals surface area contributed by atoms with E-state index < -0.39 is 0 Å². The van der Waals surface area contributed by atoms with Crippen molar-refractivity contribution < 1.29 is 4.79 Å². The minimum atomic E-state index is 0.0665. The van der Waals surface area contributed by atoms with E-state index in [2.05, 4.69) is 31.6 Å². The van der Waals surface area contributed by atoms with Gasteiger partial charge in [0.1, 0.15) is 5.82 Å². The van der Waals surface area contributed by atoms with Crippen molar-refractivity contribution in [3.63, 3.8) is 0 Å². The van der Waals surface area contributed by atoms with Crippen LogP contribution in [0, 0.1) is 12.8 Å². The molecule has 2 aromatic heterocycles. The number of rotatable bonds is 4. The van der Waals surface area contributed by atoms with Gasteiger partial charge in [-0.15, -0.1) is 11.3 Å². The summed E-state index contributed by atoms with van der Waals surface area (Å²) >= 11 is 1.73. The first-order valence-corrected chi connectivity index (χ1v) is 10.1. The van der Waals surface area contributed by atoms with E-state index in [1.807, 2.05) is 19.2 Å². The summed E-state index contributed by atoms with van der Waals surface area (Å²) in [6.45, 7) is 6.53. The van der Waals surface area contributed by atoms with Crippen molar-refractivity contribution in [3.8, 4) is 0 Å². The van der Waals surface area contributed by atoms with Crippen LogP contribution in [0.1, 0.15) is 27.6 Å². The topological polar surface area (TPSA) is 70.2 Å². The molecule has 2 aromatic rings. The van der Waals surface area contributed by atoms with Crippen molar-refractivity contribution >= 4 is 23.1 Å². The highest BCUT2D eigenvalue weighted by Gasteiger charge is 2.26. The highest BCUT2D eigenvalue weighted by atomic mass is 32.1. The highest BCUT2D eigenvalue weighted by molar-refractivity contribution is 7.11. The third kappa shape index (κ3) is 3.88. The first-order chi connectivity index (χ1) is 12.7. The molecule has 3 heterocycles. The van der Waals surface area contributed by atoms with Crippen molar-refractivity contribution in [2.24, 2.45) is 5.92 Å². The molecule has 6 nitrogen and oxygen atoms in total. The van der Waals surface area contributed by atoms with Crippen LogP contribution in [0.4, 0.5) is 5.82 Å². The third-order valence-corrected chi connectivity index (χ3v) is 6.17. The molecule has 0 saturated carbocycles. The average Bonchev–Trinajstić information content (AvgIpc) is 3.06. The van der Waals surface area contributed by atoms with Crippen LogP contribution in [0.15, 0.2) is 18.3 Å². The van der Waals surface area contributed by atoms with Crippen LogP contribution in [0.5, 0.6) is 0 Å². The molecule has 0 spiro atoms. The maximum absolute atomic E-state index is 12.6. The van der Waals surface area contributed by atoms with Gasteiger partial charge in [-0.05, 0) is 43.9 Å². The summed E-state index contributed by atoms with van der Waals surface area (Å²) in [4.78, 5) is 25.2. The van der Waals surface area contributed by atoms with Gasteiger partial charge in [0.15, 0.2) is 0 Å². The van der Waals surface area contributed by atoms with Crippen molar-refractivity contribution in [1.82, 2.24) is 20.6 Å². The summed E-state index contributed by atoms with van der Waals surface area (Å²) < 4.78 is 0. The normalized spacial score (nSPS) is 19.9. The zero-order valence-corrected chi connectivity index (χ0v) is 15.9. The number of piperazine rings is 1. The largest absolute Gasteiger partial charge is 0.354 e.